The first-order valence-electron chi connectivity index (χ1n) is 15.9. The first-order valence-corrected chi connectivity index (χ1v) is 18.7. The minimum atomic E-state index is -0.712. The van der Waals surface area contributed by atoms with Gasteiger partial charge in [-0.1, -0.05) is 19.9 Å². The van der Waals surface area contributed by atoms with Crippen LogP contribution in [0.3, 0.4) is 0 Å². The van der Waals surface area contributed by atoms with Crippen molar-refractivity contribution in [2.24, 2.45) is 5.41 Å². The molecule has 5 rings (SSSR count). The maximum atomic E-state index is 13.6. The fourth-order valence-electron chi connectivity index (χ4n) is 6.18. The van der Waals surface area contributed by atoms with Crippen LogP contribution < -0.4 is 5.32 Å². The zero-order chi connectivity index (χ0) is 33.2. The summed E-state index contributed by atoms with van der Waals surface area (Å²) < 4.78 is 19.2. The van der Waals surface area contributed by atoms with Crippen LogP contribution in [-0.2, 0) is 26.7 Å². The molecule has 0 spiro atoms. The number of phenolic OH excluding ortho intramolecular Hbond substituents is 1. The topological polar surface area (TPSA) is 105 Å². The number of ether oxygens (including phenoxy) is 1. The SMILES string of the molecule is C[Si]OC(O[Si]C)C(C)(C)CCN1CCN(Cc2ccc3c(c2)cc(-c2cc(O)cc4c2C(=O)NC4)n3C(=O)OC(C)(C)C)CC1. The zero-order valence-electron chi connectivity index (χ0n) is 28.0. The van der Waals surface area contributed by atoms with E-state index in [1.165, 1.54) is 4.57 Å². The lowest BCUT2D eigenvalue weighted by molar-refractivity contribution is -0.0852. The number of phenols is 1. The van der Waals surface area contributed by atoms with Gasteiger partial charge in [-0.15, -0.1) is 0 Å². The lowest BCUT2D eigenvalue weighted by Gasteiger charge is -2.38. The van der Waals surface area contributed by atoms with Gasteiger partial charge in [0.2, 0.25) is 19.5 Å². The maximum absolute atomic E-state index is 13.6. The number of benzene rings is 2. The van der Waals surface area contributed by atoms with Gasteiger partial charge in [-0.2, -0.15) is 0 Å². The Balaban J connectivity index is 1.33. The third kappa shape index (κ3) is 7.75. The molecule has 0 bridgehead atoms. The molecule has 10 nitrogen and oxygen atoms in total. The van der Waals surface area contributed by atoms with E-state index in [9.17, 15) is 14.7 Å². The number of carbonyl (C=O) groups is 2. The minimum Gasteiger partial charge on any atom is -0.508 e. The van der Waals surface area contributed by atoms with Crippen molar-refractivity contribution in [3.05, 3.63) is 53.1 Å². The molecule has 1 amide bonds. The van der Waals surface area contributed by atoms with E-state index in [1.54, 1.807) is 12.1 Å². The van der Waals surface area contributed by atoms with Crippen LogP contribution in [0.1, 0.15) is 62.5 Å². The summed E-state index contributed by atoms with van der Waals surface area (Å²) in [6.45, 7) is 20.1. The molecule has 4 radical (unpaired) electrons. The van der Waals surface area contributed by atoms with Crippen molar-refractivity contribution in [2.75, 3.05) is 32.7 Å². The lowest BCUT2D eigenvalue weighted by atomic mass is 9.88. The van der Waals surface area contributed by atoms with E-state index in [0.717, 1.165) is 56.6 Å². The number of hydrogen-bond acceptors (Lipinski definition) is 8. The minimum absolute atomic E-state index is 0.0405. The third-order valence-electron chi connectivity index (χ3n) is 8.62. The normalized spacial score (nSPS) is 16.3. The largest absolute Gasteiger partial charge is 0.508 e. The third-order valence-corrected chi connectivity index (χ3v) is 9.52. The smallest absolute Gasteiger partial charge is 0.419 e. The van der Waals surface area contributed by atoms with Gasteiger partial charge in [-0.05, 0) is 88.3 Å². The number of nitrogens with one attached hydrogen (secondary N) is 1. The van der Waals surface area contributed by atoms with E-state index in [4.69, 9.17) is 13.6 Å². The monoisotopic (exact) mass is 662 g/mol. The molecule has 1 fully saturated rings. The molecule has 1 saturated heterocycles. The molecular weight excluding hydrogens is 617 g/mol. The predicted molar refractivity (Wildman–Crippen MR) is 181 cm³/mol. The fraction of sp³-hybridized carbons (Fsp3) is 0.529. The number of nitrogens with zero attached hydrogens (tertiary/aromatic N) is 3. The second-order valence-corrected chi connectivity index (χ2v) is 15.1. The van der Waals surface area contributed by atoms with Gasteiger partial charge in [0.15, 0.2) is 0 Å². The molecule has 3 heterocycles. The summed E-state index contributed by atoms with van der Waals surface area (Å²) in [5.41, 5.74) is 3.25. The van der Waals surface area contributed by atoms with Crippen LogP contribution in [-0.4, -0.2) is 95.6 Å². The van der Waals surface area contributed by atoms with Gasteiger partial charge in [0.05, 0.1) is 16.8 Å². The summed E-state index contributed by atoms with van der Waals surface area (Å²) in [7, 11) is 0.812. The first-order chi connectivity index (χ1) is 21.8. The molecule has 12 heteroatoms. The number of aromatic nitrogens is 1. The number of rotatable bonds is 11. The quantitative estimate of drug-likeness (QED) is 0.212. The predicted octanol–water partition coefficient (Wildman–Crippen LogP) is 5.27. The lowest BCUT2D eigenvalue weighted by Crippen LogP contribution is -2.47. The highest BCUT2D eigenvalue weighted by molar-refractivity contribution is 6.26. The molecule has 2 aliphatic rings. The van der Waals surface area contributed by atoms with Crippen molar-refractivity contribution in [3.8, 4) is 17.0 Å². The van der Waals surface area contributed by atoms with Crippen molar-refractivity contribution < 1.29 is 28.3 Å². The Kier molecular flexibility index (Phi) is 10.5. The average Bonchev–Trinajstić information content (AvgIpc) is 3.55. The number of hydrogen-bond donors (Lipinski definition) is 2. The number of aromatic hydroxyl groups is 1. The second-order valence-electron chi connectivity index (χ2n) is 13.8. The van der Waals surface area contributed by atoms with Gasteiger partial charge in [-0.3, -0.25) is 9.69 Å². The van der Waals surface area contributed by atoms with Gasteiger partial charge >= 0.3 is 6.09 Å². The van der Waals surface area contributed by atoms with Crippen LogP contribution in [0, 0.1) is 5.41 Å². The Morgan fingerprint density at radius 2 is 1.65 bits per heavy atom. The summed E-state index contributed by atoms with van der Waals surface area (Å²) in [4.78, 5) is 31.4. The Morgan fingerprint density at radius 3 is 2.30 bits per heavy atom. The molecule has 2 N–H and O–H groups in total. The molecule has 0 atom stereocenters. The Morgan fingerprint density at radius 1 is 0.978 bits per heavy atom. The van der Waals surface area contributed by atoms with E-state index in [2.05, 4.69) is 41.1 Å². The van der Waals surface area contributed by atoms with Crippen LogP contribution in [0.15, 0.2) is 36.4 Å². The highest BCUT2D eigenvalue weighted by atomic mass is 28.2. The van der Waals surface area contributed by atoms with Gasteiger partial charge in [0, 0.05) is 55.6 Å². The molecule has 2 aromatic carbocycles. The van der Waals surface area contributed by atoms with Crippen LogP contribution in [0.25, 0.3) is 22.2 Å². The number of amides is 1. The van der Waals surface area contributed by atoms with E-state index >= 15 is 0 Å². The van der Waals surface area contributed by atoms with Gasteiger partial charge in [0.25, 0.3) is 5.91 Å². The van der Waals surface area contributed by atoms with Crippen LogP contribution in [0.4, 0.5) is 4.79 Å². The molecule has 246 valence electrons. The van der Waals surface area contributed by atoms with Crippen molar-refractivity contribution >= 4 is 42.4 Å². The van der Waals surface area contributed by atoms with Crippen molar-refractivity contribution in [2.45, 2.75) is 79.1 Å². The highest BCUT2D eigenvalue weighted by Gasteiger charge is 2.32. The van der Waals surface area contributed by atoms with E-state index in [-0.39, 0.29) is 23.4 Å². The van der Waals surface area contributed by atoms with Gasteiger partial charge in [-0.25, -0.2) is 9.36 Å². The van der Waals surface area contributed by atoms with E-state index < -0.39 is 11.7 Å². The molecule has 1 aromatic heterocycles. The van der Waals surface area contributed by atoms with Crippen LogP contribution in [0.5, 0.6) is 5.75 Å². The average molecular weight is 663 g/mol. The van der Waals surface area contributed by atoms with Crippen molar-refractivity contribution in [1.29, 1.82) is 0 Å². The van der Waals surface area contributed by atoms with Crippen molar-refractivity contribution in [3.63, 3.8) is 0 Å². The zero-order valence-corrected chi connectivity index (χ0v) is 30.0. The summed E-state index contributed by atoms with van der Waals surface area (Å²) in [6.07, 6.45) is 0.297. The fourth-order valence-corrected chi connectivity index (χ4v) is 7.43. The molecule has 46 heavy (non-hydrogen) atoms. The van der Waals surface area contributed by atoms with Crippen LogP contribution >= 0.6 is 0 Å². The van der Waals surface area contributed by atoms with Crippen LogP contribution in [0.2, 0.25) is 13.1 Å². The van der Waals surface area contributed by atoms with Crippen molar-refractivity contribution in [1.82, 2.24) is 19.7 Å². The Hall–Kier alpha value is -3.01. The van der Waals surface area contributed by atoms with E-state index in [0.29, 0.717) is 54.0 Å². The molecule has 2 aliphatic heterocycles. The molecule has 0 saturated carbocycles. The number of piperazine rings is 1. The highest BCUT2D eigenvalue weighted by Crippen LogP contribution is 2.37. The summed E-state index contributed by atoms with van der Waals surface area (Å²) in [5.74, 6) is -0.183. The second kappa shape index (κ2) is 14.0. The maximum Gasteiger partial charge on any atom is 0.419 e. The Bertz CT molecular complexity index is 1570. The molecule has 3 aromatic rings. The summed E-state index contributed by atoms with van der Waals surface area (Å²) >= 11 is 0. The first kappa shape index (κ1) is 34.3. The van der Waals surface area contributed by atoms with Gasteiger partial charge < -0.3 is 28.9 Å². The molecule has 0 aliphatic carbocycles. The summed E-state index contributed by atoms with van der Waals surface area (Å²) in [6, 6.07) is 11.2. The van der Waals surface area contributed by atoms with Gasteiger partial charge in [0.1, 0.15) is 17.6 Å². The number of fused-ring (bicyclic) bond motifs is 2. The Labute approximate surface area is 277 Å². The number of carbonyl (C=O) groups excluding carboxylic acids is 2. The standard InChI is InChI=1S/C34H46N4O6Si2/c1-33(2,3)42-32(41)38-27-9-8-22(16-23(27)18-28(38)26-19-25(39)17-24-20-35-30(40)29(24)26)21-37-14-12-36(13-15-37)11-10-34(4,5)31(43-45-6)44-46-7/h8-9,16-19,31,39H,10-15,20-21H2,1-7H3,(H,35,40). The summed E-state index contributed by atoms with van der Waals surface area (Å²) in [5, 5.41) is 14.2. The van der Waals surface area contributed by atoms with E-state index in [1.807, 2.05) is 46.0 Å². The molecule has 0 unspecified atom stereocenters. The molecular formula is C34H46N4O6Si2.